The average Bonchev–Trinajstić information content (AvgIpc) is 3.73. The van der Waals surface area contributed by atoms with Crippen LogP contribution in [0.4, 0.5) is 11.8 Å². The van der Waals surface area contributed by atoms with Crippen LogP contribution in [0, 0.1) is 0 Å². The number of aromatic amines is 1. The first kappa shape index (κ1) is 31.4. The van der Waals surface area contributed by atoms with Crippen LogP contribution in [0.25, 0.3) is 22.3 Å². The van der Waals surface area contributed by atoms with Gasteiger partial charge in [0.2, 0.25) is 5.95 Å². The second kappa shape index (κ2) is 12.0. The van der Waals surface area contributed by atoms with Crippen molar-refractivity contribution in [3.63, 3.8) is 0 Å². The number of fused-ring (bicyclic) bond motifs is 2. The maximum Gasteiger partial charge on any atom is 0.534 e. The summed E-state index contributed by atoms with van der Waals surface area (Å²) in [7, 11) is -7.99. The van der Waals surface area contributed by atoms with E-state index in [1.54, 1.807) is 0 Å². The Morgan fingerprint density at radius 1 is 1.00 bits per heavy atom. The van der Waals surface area contributed by atoms with Gasteiger partial charge < -0.3 is 45.9 Å². The van der Waals surface area contributed by atoms with Gasteiger partial charge in [-0.05, 0) is 4.57 Å². The molecular formula is C20H25N10O13P2+. The van der Waals surface area contributed by atoms with E-state index in [1.165, 1.54) is 10.9 Å². The number of ether oxygens (including phenoxy) is 3. The van der Waals surface area contributed by atoms with Gasteiger partial charge in [-0.3, -0.25) is 28.0 Å². The summed E-state index contributed by atoms with van der Waals surface area (Å²) in [4.78, 5) is 54.1. The van der Waals surface area contributed by atoms with Gasteiger partial charge in [0.1, 0.15) is 42.4 Å². The standard InChI is InChI=1S/C20H24N10O13P2/c21-13-7-14(24-2-23-13)29(3-25-7)17-10(32)9(31)6(41-17)1-40-45(37,38)43-12-11(33)19(39-5-44(35)36)42-18(12)30-4-26-8-15(30)27-20(22)28-16(8)34/h2-4,6,9-12,17-19,31-33H,1,5H2,(H6-,21,22,23,24,27,28,34,35,36,37,38)/p+1/t6-,9+,10+,11-,12+,17-,18-,19+/m1/s1. The highest BCUT2D eigenvalue weighted by atomic mass is 31.2. The van der Waals surface area contributed by atoms with E-state index in [4.69, 9.17) is 39.6 Å². The molecule has 2 unspecified atom stereocenters. The number of aliphatic hydroxyl groups is 3. The number of nitrogens with zero attached hydrogens (tertiary/aromatic N) is 7. The first-order valence-corrected chi connectivity index (χ1v) is 15.6. The predicted octanol–water partition coefficient (Wildman–Crippen LogP) is -2.83. The number of hydrogen-bond acceptors (Lipinski definition) is 18. The van der Waals surface area contributed by atoms with Gasteiger partial charge in [0.05, 0.1) is 19.3 Å². The van der Waals surface area contributed by atoms with Crippen LogP contribution in [0.5, 0.6) is 0 Å². The van der Waals surface area contributed by atoms with Gasteiger partial charge in [-0.1, -0.05) is 0 Å². The zero-order valence-electron chi connectivity index (χ0n) is 22.4. The van der Waals surface area contributed by atoms with Gasteiger partial charge in [0, 0.05) is 0 Å². The molecule has 0 aliphatic carbocycles. The lowest BCUT2D eigenvalue weighted by atomic mass is 10.1. The number of H-pyrrole nitrogens is 1. The molecule has 0 amide bonds. The highest BCUT2D eigenvalue weighted by Gasteiger charge is 2.52. The van der Waals surface area contributed by atoms with Crippen LogP contribution in [-0.2, 0) is 32.4 Å². The fraction of sp³-hybridized carbons (Fsp3) is 0.500. The van der Waals surface area contributed by atoms with Gasteiger partial charge >= 0.3 is 15.9 Å². The highest BCUT2D eigenvalue weighted by Crippen LogP contribution is 2.50. The molecule has 2 saturated heterocycles. The largest absolute Gasteiger partial charge is 0.534 e. The normalized spacial score (nSPS) is 30.3. The second-order valence-corrected chi connectivity index (χ2v) is 12.1. The number of nitrogens with one attached hydrogen (secondary N) is 1. The van der Waals surface area contributed by atoms with Crippen molar-refractivity contribution >= 4 is 49.9 Å². The predicted molar refractivity (Wildman–Crippen MR) is 145 cm³/mol. The number of hydrogen-bond donors (Lipinski definition) is 8. The van der Waals surface area contributed by atoms with Crippen molar-refractivity contribution in [2.75, 3.05) is 24.4 Å². The third-order valence-corrected chi connectivity index (χ3v) is 8.25. The maximum atomic E-state index is 13.1. The highest BCUT2D eigenvalue weighted by molar-refractivity contribution is 7.47. The summed E-state index contributed by atoms with van der Waals surface area (Å²) < 4.78 is 53.3. The molecule has 4 aromatic heterocycles. The van der Waals surface area contributed by atoms with E-state index < -0.39 is 83.6 Å². The van der Waals surface area contributed by atoms with Gasteiger partial charge in [0.15, 0.2) is 41.4 Å². The molecule has 25 heteroatoms. The van der Waals surface area contributed by atoms with Crippen LogP contribution in [0.1, 0.15) is 12.5 Å². The number of aliphatic hydroxyl groups excluding tert-OH is 3. The molecule has 0 spiro atoms. The van der Waals surface area contributed by atoms with Crippen molar-refractivity contribution in [3.05, 3.63) is 29.3 Å². The van der Waals surface area contributed by atoms with Crippen LogP contribution in [0.3, 0.4) is 0 Å². The molecule has 2 aliphatic rings. The van der Waals surface area contributed by atoms with Crippen LogP contribution >= 0.6 is 15.9 Å². The minimum Gasteiger partial charge on any atom is -0.387 e. The van der Waals surface area contributed by atoms with Crippen molar-refractivity contribution in [3.8, 4) is 0 Å². The molecule has 45 heavy (non-hydrogen) atoms. The van der Waals surface area contributed by atoms with Crippen LogP contribution in [-0.4, -0.2) is 114 Å². The minimum absolute atomic E-state index is 0.0639. The molecule has 10 N–H and O–H groups in total. The third-order valence-electron chi connectivity index (χ3n) is 6.90. The number of nitrogens with two attached hydrogens (primary N) is 2. The van der Waals surface area contributed by atoms with Crippen molar-refractivity contribution < 1.29 is 57.5 Å². The molecule has 2 aliphatic heterocycles. The Kier molecular flexibility index (Phi) is 8.36. The Hall–Kier alpha value is -3.57. The minimum atomic E-state index is -5.16. The zero-order valence-corrected chi connectivity index (χ0v) is 24.2. The lowest BCUT2D eigenvalue weighted by Crippen LogP contribution is -2.36. The van der Waals surface area contributed by atoms with Crippen LogP contribution in [0.2, 0.25) is 0 Å². The van der Waals surface area contributed by atoms with E-state index in [1.807, 2.05) is 0 Å². The number of anilines is 2. The van der Waals surface area contributed by atoms with Gasteiger partial charge in [-0.15, -0.1) is 0 Å². The summed E-state index contributed by atoms with van der Waals surface area (Å²) in [5.41, 5.74) is 10.7. The Morgan fingerprint density at radius 3 is 2.44 bits per heavy atom. The number of nitrogen functional groups attached to an aromatic ring is 2. The fourth-order valence-corrected chi connectivity index (χ4v) is 6.07. The van der Waals surface area contributed by atoms with E-state index in [0.717, 1.165) is 17.2 Å². The van der Waals surface area contributed by atoms with Crippen molar-refractivity contribution in [1.82, 2.24) is 39.0 Å². The lowest BCUT2D eigenvalue weighted by molar-refractivity contribution is -0.166. The molecular weight excluding hydrogens is 650 g/mol. The summed E-state index contributed by atoms with van der Waals surface area (Å²) in [6.07, 6.45) is -10.00. The molecule has 6 rings (SSSR count). The molecule has 4 aromatic rings. The topological polar surface area (TPSA) is 341 Å². The van der Waals surface area contributed by atoms with Crippen LogP contribution < -0.4 is 17.0 Å². The molecule has 0 radical (unpaired) electrons. The SMILES string of the molecule is Nc1nc2c(ncn2[C@@H]2O[C@H](OC[P+](=O)O)[C@H](O)[C@@H]2OP(=O)(O)OC[C@H]2O[C@@H](n3cnc4c(N)ncnc43)[C@@H](O)[C@H]2O)c(=O)[nH]1. The third kappa shape index (κ3) is 5.92. The lowest BCUT2D eigenvalue weighted by Gasteiger charge is -2.24. The van der Waals surface area contributed by atoms with E-state index >= 15 is 0 Å². The quantitative estimate of drug-likeness (QED) is 0.0785. The van der Waals surface area contributed by atoms with Crippen molar-refractivity contribution in [1.29, 1.82) is 0 Å². The van der Waals surface area contributed by atoms with Crippen LogP contribution in [0.15, 0.2) is 23.8 Å². The number of rotatable bonds is 10. The molecule has 10 atom stereocenters. The summed E-state index contributed by atoms with van der Waals surface area (Å²) in [6.45, 7) is -0.799. The Morgan fingerprint density at radius 2 is 1.71 bits per heavy atom. The zero-order chi connectivity index (χ0) is 32.2. The summed E-state index contributed by atoms with van der Waals surface area (Å²) in [5, 5.41) is 32.1. The second-order valence-electron chi connectivity index (χ2n) is 9.77. The van der Waals surface area contributed by atoms with Crippen molar-refractivity contribution in [2.24, 2.45) is 0 Å². The molecule has 0 saturated carbocycles. The molecule has 2 fully saturated rings. The average molecular weight is 675 g/mol. The van der Waals surface area contributed by atoms with Gasteiger partial charge in [-0.2, -0.15) is 9.88 Å². The molecule has 6 heterocycles. The summed E-state index contributed by atoms with van der Waals surface area (Å²) in [6, 6.07) is 0. The Balaban J connectivity index is 1.20. The number of aromatic nitrogens is 8. The fourth-order valence-electron chi connectivity index (χ4n) is 4.87. The van der Waals surface area contributed by atoms with E-state index in [0.29, 0.717) is 0 Å². The smallest absolute Gasteiger partial charge is 0.387 e. The monoisotopic (exact) mass is 675 g/mol. The summed E-state index contributed by atoms with van der Waals surface area (Å²) >= 11 is 0. The first-order chi connectivity index (χ1) is 21.3. The van der Waals surface area contributed by atoms with Gasteiger partial charge in [-0.25, -0.2) is 24.5 Å². The van der Waals surface area contributed by atoms with Gasteiger partial charge in [0.25, 0.3) is 11.9 Å². The van der Waals surface area contributed by atoms with E-state index in [-0.39, 0.29) is 34.1 Å². The Labute approximate surface area is 249 Å². The Bertz CT molecular complexity index is 1850. The molecule has 23 nitrogen and oxygen atoms in total. The maximum absolute atomic E-state index is 13.1. The van der Waals surface area contributed by atoms with E-state index in [2.05, 4.69) is 29.9 Å². The van der Waals surface area contributed by atoms with Crippen molar-refractivity contribution in [2.45, 2.75) is 49.3 Å². The number of phosphoric acid groups is 1. The molecule has 242 valence electrons. The molecule has 0 bridgehead atoms. The first-order valence-electron chi connectivity index (χ1n) is 12.8. The number of phosphoric ester groups is 1. The number of imidazole rings is 2. The molecule has 0 aromatic carbocycles. The van der Waals surface area contributed by atoms with E-state index in [9.17, 15) is 34.1 Å². The summed E-state index contributed by atoms with van der Waals surface area (Å²) in [5.74, 6) is -0.240.